The second kappa shape index (κ2) is 9.84. The van der Waals surface area contributed by atoms with Crippen molar-refractivity contribution in [3.8, 4) is 0 Å². The molecule has 8 nitrogen and oxygen atoms in total. The largest absolute Gasteiger partial charge is 0.336 e. The maximum absolute atomic E-state index is 14.3. The third kappa shape index (κ3) is 4.41. The van der Waals surface area contributed by atoms with Crippen molar-refractivity contribution in [2.45, 2.75) is 57.0 Å². The standard InChI is InChI=1S/C29H32N6O2/c1-33-16-14-30-27(33)25-13-7-8-15-34(25)29(37)23-17-21(32-28(36)20-9-3-2-4-10-20)18-24-26(23)35(19-31-24)22-11-5-6-12-22/h2-4,9-10,14,16-19,22,25H,5-8,11-13,15H2,1H3,(H,32,36). The van der Waals surface area contributed by atoms with Crippen LogP contribution in [0.15, 0.2) is 61.2 Å². The summed E-state index contributed by atoms with van der Waals surface area (Å²) in [6.07, 6.45) is 13.0. The minimum Gasteiger partial charge on any atom is -0.336 e. The summed E-state index contributed by atoms with van der Waals surface area (Å²) in [6, 6.07) is 13.1. The number of hydrogen-bond donors (Lipinski definition) is 1. The van der Waals surface area contributed by atoms with Crippen LogP contribution >= 0.6 is 0 Å². The van der Waals surface area contributed by atoms with Crippen LogP contribution in [0.25, 0.3) is 11.0 Å². The molecule has 1 saturated carbocycles. The zero-order valence-electron chi connectivity index (χ0n) is 21.1. The van der Waals surface area contributed by atoms with Gasteiger partial charge in [0.15, 0.2) is 0 Å². The van der Waals surface area contributed by atoms with E-state index in [2.05, 4.69) is 14.9 Å². The lowest BCUT2D eigenvalue weighted by Crippen LogP contribution is -2.39. The molecule has 1 atom stereocenters. The van der Waals surface area contributed by atoms with Gasteiger partial charge in [-0.2, -0.15) is 0 Å². The molecule has 1 aliphatic carbocycles. The van der Waals surface area contributed by atoms with Crippen LogP contribution in [-0.4, -0.2) is 42.4 Å². The minimum absolute atomic E-state index is 0.0340. The third-order valence-electron chi connectivity index (χ3n) is 7.83. The molecule has 2 aromatic heterocycles. The summed E-state index contributed by atoms with van der Waals surface area (Å²) in [4.78, 5) is 38.5. The number of imidazole rings is 2. The van der Waals surface area contributed by atoms with Gasteiger partial charge in [0.05, 0.1) is 29.0 Å². The van der Waals surface area contributed by atoms with Gasteiger partial charge in [-0.1, -0.05) is 31.0 Å². The number of piperidine rings is 1. The Bertz CT molecular complexity index is 1430. The molecule has 0 radical (unpaired) electrons. The van der Waals surface area contributed by atoms with Crippen molar-refractivity contribution in [2.24, 2.45) is 7.05 Å². The minimum atomic E-state index is -0.211. The van der Waals surface area contributed by atoms with Crippen LogP contribution < -0.4 is 5.32 Å². The summed E-state index contributed by atoms with van der Waals surface area (Å²) in [6.45, 7) is 0.677. The average molecular weight is 497 g/mol. The fourth-order valence-electron chi connectivity index (χ4n) is 5.95. The van der Waals surface area contributed by atoms with E-state index in [1.54, 1.807) is 18.3 Å². The van der Waals surface area contributed by atoms with Crippen molar-refractivity contribution < 1.29 is 9.59 Å². The highest BCUT2D eigenvalue weighted by Crippen LogP contribution is 2.37. The smallest absolute Gasteiger partial charge is 0.256 e. The van der Waals surface area contributed by atoms with E-state index in [4.69, 9.17) is 4.98 Å². The molecule has 3 heterocycles. The highest BCUT2D eigenvalue weighted by molar-refractivity contribution is 6.09. The number of anilines is 1. The maximum Gasteiger partial charge on any atom is 0.256 e. The number of nitrogens with zero attached hydrogens (tertiary/aromatic N) is 5. The molecule has 1 aliphatic heterocycles. The number of benzene rings is 2. The van der Waals surface area contributed by atoms with Gasteiger partial charge in [-0.05, 0) is 56.4 Å². The first-order valence-corrected chi connectivity index (χ1v) is 13.3. The summed E-state index contributed by atoms with van der Waals surface area (Å²) < 4.78 is 4.20. The molecule has 1 N–H and O–H groups in total. The topological polar surface area (TPSA) is 85.1 Å². The second-order valence-electron chi connectivity index (χ2n) is 10.2. The molecule has 8 heteroatoms. The van der Waals surface area contributed by atoms with Crippen molar-refractivity contribution in [1.82, 2.24) is 24.0 Å². The number of carbonyl (C=O) groups is 2. The molecule has 4 aromatic rings. The zero-order valence-corrected chi connectivity index (χ0v) is 21.1. The van der Waals surface area contributed by atoms with E-state index in [-0.39, 0.29) is 17.9 Å². The second-order valence-corrected chi connectivity index (χ2v) is 10.2. The average Bonchev–Trinajstić information content (AvgIpc) is 3.69. The van der Waals surface area contributed by atoms with Crippen LogP contribution in [0.1, 0.15) is 83.6 Å². The lowest BCUT2D eigenvalue weighted by atomic mass is 9.99. The normalized spacial score (nSPS) is 18.4. The molecule has 37 heavy (non-hydrogen) atoms. The molecule has 1 unspecified atom stereocenters. The van der Waals surface area contributed by atoms with E-state index >= 15 is 0 Å². The Hall–Kier alpha value is -3.94. The molecular formula is C29H32N6O2. The summed E-state index contributed by atoms with van der Waals surface area (Å²) >= 11 is 0. The summed E-state index contributed by atoms with van der Waals surface area (Å²) in [5.74, 6) is 0.660. The van der Waals surface area contributed by atoms with E-state index in [1.165, 1.54) is 12.8 Å². The van der Waals surface area contributed by atoms with E-state index < -0.39 is 0 Å². The molecule has 6 rings (SSSR count). The molecule has 2 fully saturated rings. The molecular weight excluding hydrogens is 464 g/mol. The number of likely N-dealkylation sites (tertiary alicyclic amines) is 1. The number of nitrogens with one attached hydrogen (secondary N) is 1. The Labute approximate surface area is 216 Å². The van der Waals surface area contributed by atoms with Gasteiger partial charge in [-0.25, -0.2) is 9.97 Å². The molecule has 2 aromatic carbocycles. The Morgan fingerprint density at radius 2 is 1.76 bits per heavy atom. The van der Waals surface area contributed by atoms with Gasteiger partial charge in [0.1, 0.15) is 5.82 Å². The number of carbonyl (C=O) groups excluding carboxylic acids is 2. The first-order valence-electron chi connectivity index (χ1n) is 13.3. The van der Waals surface area contributed by atoms with Gasteiger partial charge in [-0.15, -0.1) is 0 Å². The van der Waals surface area contributed by atoms with Crippen LogP contribution in [0, 0.1) is 0 Å². The number of rotatable bonds is 5. The quantitative estimate of drug-likeness (QED) is 0.395. The lowest BCUT2D eigenvalue weighted by Gasteiger charge is -2.35. The van der Waals surface area contributed by atoms with Crippen molar-refractivity contribution in [3.05, 3.63) is 78.1 Å². The van der Waals surface area contributed by atoms with Gasteiger partial charge in [0, 0.05) is 43.3 Å². The van der Waals surface area contributed by atoms with Gasteiger partial charge < -0.3 is 19.4 Å². The van der Waals surface area contributed by atoms with Crippen molar-refractivity contribution in [3.63, 3.8) is 0 Å². The SMILES string of the molecule is Cn1ccnc1C1CCCCN1C(=O)c1cc(NC(=O)c2ccccc2)cc2ncn(C3CCCC3)c12. The monoisotopic (exact) mass is 496 g/mol. The lowest BCUT2D eigenvalue weighted by molar-refractivity contribution is 0.0598. The van der Waals surface area contributed by atoms with Gasteiger partial charge in [0.25, 0.3) is 11.8 Å². The van der Waals surface area contributed by atoms with Crippen molar-refractivity contribution >= 4 is 28.5 Å². The summed E-state index contributed by atoms with van der Waals surface area (Å²) in [5.41, 5.74) is 3.32. The fraction of sp³-hybridized carbons (Fsp3) is 0.379. The fourth-order valence-corrected chi connectivity index (χ4v) is 5.95. The predicted octanol–water partition coefficient (Wildman–Crippen LogP) is 5.50. The van der Waals surface area contributed by atoms with E-state index in [1.807, 2.05) is 59.4 Å². The van der Waals surface area contributed by atoms with Gasteiger partial charge >= 0.3 is 0 Å². The van der Waals surface area contributed by atoms with Gasteiger partial charge in [-0.3, -0.25) is 9.59 Å². The first kappa shape index (κ1) is 23.5. The molecule has 2 aliphatic rings. The van der Waals surface area contributed by atoms with E-state index in [9.17, 15) is 9.59 Å². The van der Waals surface area contributed by atoms with E-state index in [0.29, 0.717) is 29.4 Å². The van der Waals surface area contributed by atoms with Crippen LogP contribution in [0.3, 0.4) is 0 Å². The predicted molar refractivity (Wildman–Crippen MR) is 142 cm³/mol. The van der Waals surface area contributed by atoms with Crippen LogP contribution in [0.5, 0.6) is 0 Å². The van der Waals surface area contributed by atoms with Crippen LogP contribution in [0.2, 0.25) is 0 Å². The summed E-state index contributed by atoms with van der Waals surface area (Å²) in [7, 11) is 1.98. The van der Waals surface area contributed by atoms with E-state index in [0.717, 1.165) is 49.0 Å². The highest BCUT2D eigenvalue weighted by atomic mass is 16.2. The highest BCUT2D eigenvalue weighted by Gasteiger charge is 2.33. The molecule has 1 saturated heterocycles. The molecule has 0 spiro atoms. The summed E-state index contributed by atoms with van der Waals surface area (Å²) in [5, 5.41) is 3.00. The maximum atomic E-state index is 14.3. The van der Waals surface area contributed by atoms with Crippen LogP contribution in [-0.2, 0) is 7.05 Å². The Balaban J connectivity index is 1.43. The molecule has 0 bridgehead atoms. The van der Waals surface area contributed by atoms with Crippen molar-refractivity contribution in [1.29, 1.82) is 0 Å². The zero-order chi connectivity index (χ0) is 25.4. The molecule has 2 amide bonds. The van der Waals surface area contributed by atoms with Crippen molar-refractivity contribution in [2.75, 3.05) is 11.9 Å². The third-order valence-corrected chi connectivity index (χ3v) is 7.83. The Morgan fingerprint density at radius 1 is 0.973 bits per heavy atom. The number of fused-ring (bicyclic) bond motifs is 1. The number of hydrogen-bond acceptors (Lipinski definition) is 4. The Morgan fingerprint density at radius 3 is 2.51 bits per heavy atom. The number of amides is 2. The van der Waals surface area contributed by atoms with Crippen LogP contribution in [0.4, 0.5) is 5.69 Å². The number of aromatic nitrogens is 4. The first-order chi connectivity index (χ1) is 18.1. The molecule has 190 valence electrons. The Kier molecular flexibility index (Phi) is 6.24. The van der Waals surface area contributed by atoms with Gasteiger partial charge in [0.2, 0.25) is 0 Å². The number of aryl methyl sites for hydroxylation is 1.